The van der Waals surface area contributed by atoms with Crippen molar-refractivity contribution in [2.45, 2.75) is 32.4 Å². The number of hydrogen-bond acceptors (Lipinski definition) is 3. The second-order valence-electron chi connectivity index (χ2n) is 5.71. The number of guanidine groups is 1. The van der Waals surface area contributed by atoms with Crippen molar-refractivity contribution in [3.05, 3.63) is 28.2 Å². The van der Waals surface area contributed by atoms with Gasteiger partial charge in [-0.25, -0.2) is 0 Å². The Morgan fingerprint density at radius 1 is 1.50 bits per heavy atom. The van der Waals surface area contributed by atoms with E-state index < -0.39 is 0 Å². The summed E-state index contributed by atoms with van der Waals surface area (Å²) in [5.74, 6) is 1.77. The lowest BCUT2D eigenvalue weighted by atomic mass is 10.2. The van der Waals surface area contributed by atoms with E-state index in [1.165, 1.54) is 0 Å². The lowest BCUT2D eigenvalue weighted by Gasteiger charge is -2.19. The Labute approximate surface area is 151 Å². The highest BCUT2D eigenvalue weighted by Gasteiger charge is 2.25. The molecule has 7 heteroatoms. The van der Waals surface area contributed by atoms with E-state index in [9.17, 15) is 4.79 Å². The molecule has 1 aliphatic rings. The zero-order valence-corrected chi connectivity index (χ0v) is 16.0. The number of benzene rings is 1. The molecule has 6 nitrogen and oxygen atoms in total. The van der Waals surface area contributed by atoms with E-state index in [1.54, 1.807) is 14.2 Å². The van der Waals surface area contributed by atoms with Crippen LogP contribution in [-0.4, -0.2) is 50.1 Å². The average Bonchev–Trinajstić information content (AvgIpc) is 3.06. The molecule has 1 aromatic rings. The monoisotopic (exact) mass is 396 g/mol. The van der Waals surface area contributed by atoms with E-state index in [4.69, 9.17) is 4.74 Å². The molecule has 2 rings (SSSR count). The fourth-order valence-electron chi connectivity index (χ4n) is 2.78. The van der Waals surface area contributed by atoms with Crippen LogP contribution in [0, 0.1) is 0 Å². The quantitative estimate of drug-likeness (QED) is 0.590. The second kappa shape index (κ2) is 8.92. The van der Waals surface area contributed by atoms with E-state index in [-0.39, 0.29) is 11.9 Å². The summed E-state index contributed by atoms with van der Waals surface area (Å²) in [6, 6.07) is 6.14. The minimum absolute atomic E-state index is 0.209. The normalized spacial score (nSPS) is 17.8. The minimum Gasteiger partial charge on any atom is -0.496 e. The van der Waals surface area contributed by atoms with Gasteiger partial charge < -0.3 is 20.3 Å². The van der Waals surface area contributed by atoms with Gasteiger partial charge in [0, 0.05) is 49.2 Å². The van der Waals surface area contributed by atoms with E-state index >= 15 is 0 Å². The number of rotatable bonds is 5. The number of amides is 1. The smallest absolute Gasteiger partial charge is 0.222 e. The number of carbonyl (C=O) groups is 1. The highest BCUT2D eigenvalue weighted by molar-refractivity contribution is 9.10. The van der Waals surface area contributed by atoms with Crippen molar-refractivity contribution in [3.63, 3.8) is 0 Å². The van der Waals surface area contributed by atoms with Gasteiger partial charge in [0.1, 0.15) is 5.75 Å². The first kappa shape index (κ1) is 18.6. The summed E-state index contributed by atoms with van der Waals surface area (Å²) >= 11 is 3.48. The van der Waals surface area contributed by atoms with Crippen LogP contribution in [0.5, 0.6) is 5.75 Å². The molecular formula is C17H25BrN4O2. The Balaban J connectivity index is 1.90. The predicted molar refractivity (Wildman–Crippen MR) is 99.3 cm³/mol. The fourth-order valence-corrected chi connectivity index (χ4v) is 3.19. The molecular weight excluding hydrogens is 372 g/mol. The standard InChI is InChI=1S/C17H25BrN4O2/c1-4-16(23)22-8-7-14(11-22)21-17(19-2)20-10-12-9-13(18)5-6-15(12)24-3/h5-6,9,14H,4,7-8,10-11H2,1-3H3,(H2,19,20,21). The molecule has 0 spiro atoms. The molecule has 0 bridgehead atoms. The van der Waals surface area contributed by atoms with Crippen molar-refractivity contribution in [1.82, 2.24) is 15.5 Å². The van der Waals surface area contributed by atoms with Crippen LogP contribution in [0.15, 0.2) is 27.7 Å². The van der Waals surface area contributed by atoms with Crippen molar-refractivity contribution in [2.24, 2.45) is 4.99 Å². The molecule has 1 aliphatic heterocycles. The fraction of sp³-hybridized carbons (Fsp3) is 0.529. The molecule has 0 aromatic heterocycles. The van der Waals surface area contributed by atoms with Gasteiger partial charge in [-0.05, 0) is 24.6 Å². The van der Waals surface area contributed by atoms with Crippen LogP contribution in [0.3, 0.4) is 0 Å². The number of ether oxygens (including phenoxy) is 1. The molecule has 1 amide bonds. The van der Waals surface area contributed by atoms with Crippen LogP contribution < -0.4 is 15.4 Å². The molecule has 1 aromatic carbocycles. The van der Waals surface area contributed by atoms with E-state index in [2.05, 4.69) is 31.6 Å². The molecule has 0 saturated carbocycles. The number of likely N-dealkylation sites (tertiary alicyclic amines) is 1. The van der Waals surface area contributed by atoms with Crippen molar-refractivity contribution < 1.29 is 9.53 Å². The molecule has 1 fully saturated rings. The topological polar surface area (TPSA) is 66.0 Å². The number of halogens is 1. The maximum atomic E-state index is 11.8. The number of nitrogens with zero attached hydrogens (tertiary/aromatic N) is 2. The van der Waals surface area contributed by atoms with Crippen LogP contribution in [-0.2, 0) is 11.3 Å². The van der Waals surface area contributed by atoms with E-state index in [1.807, 2.05) is 30.0 Å². The van der Waals surface area contributed by atoms with Crippen molar-refractivity contribution in [3.8, 4) is 5.75 Å². The molecule has 0 aliphatic carbocycles. The number of methoxy groups -OCH3 is 1. The molecule has 1 unspecified atom stereocenters. The summed E-state index contributed by atoms with van der Waals surface area (Å²) in [7, 11) is 3.41. The third kappa shape index (κ3) is 4.87. The SMILES string of the molecule is CCC(=O)N1CCC(NC(=NC)NCc2cc(Br)ccc2OC)C1. The van der Waals surface area contributed by atoms with E-state index in [0.717, 1.165) is 41.3 Å². The first-order valence-electron chi connectivity index (χ1n) is 8.14. The Bertz CT molecular complexity index is 606. The third-order valence-electron chi connectivity index (χ3n) is 4.10. The molecule has 2 N–H and O–H groups in total. The van der Waals surface area contributed by atoms with Gasteiger partial charge in [-0.2, -0.15) is 0 Å². The van der Waals surface area contributed by atoms with Crippen LogP contribution in [0.1, 0.15) is 25.3 Å². The molecule has 24 heavy (non-hydrogen) atoms. The molecule has 0 radical (unpaired) electrons. The zero-order valence-electron chi connectivity index (χ0n) is 14.4. The van der Waals surface area contributed by atoms with Crippen molar-refractivity contribution >= 4 is 27.8 Å². The lowest BCUT2D eigenvalue weighted by molar-refractivity contribution is -0.129. The third-order valence-corrected chi connectivity index (χ3v) is 4.59. The molecule has 1 atom stereocenters. The number of nitrogens with one attached hydrogen (secondary N) is 2. The summed E-state index contributed by atoms with van der Waals surface area (Å²) in [6.07, 6.45) is 1.50. The second-order valence-corrected chi connectivity index (χ2v) is 6.62. The van der Waals surface area contributed by atoms with Gasteiger partial charge in [0.2, 0.25) is 5.91 Å². The van der Waals surface area contributed by atoms with Crippen LogP contribution in [0.25, 0.3) is 0 Å². The Morgan fingerprint density at radius 3 is 2.96 bits per heavy atom. The number of hydrogen-bond donors (Lipinski definition) is 2. The summed E-state index contributed by atoms with van der Waals surface area (Å²) in [5.41, 5.74) is 1.05. The molecule has 132 valence electrons. The average molecular weight is 397 g/mol. The first-order valence-corrected chi connectivity index (χ1v) is 8.94. The van der Waals surface area contributed by atoms with Crippen LogP contribution >= 0.6 is 15.9 Å². The van der Waals surface area contributed by atoms with E-state index in [0.29, 0.717) is 13.0 Å². The van der Waals surface area contributed by atoms with Gasteiger partial charge >= 0.3 is 0 Å². The predicted octanol–water partition coefficient (Wildman–Crippen LogP) is 2.13. The molecule has 1 heterocycles. The zero-order chi connectivity index (χ0) is 17.5. The minimum atomic E-state index is 0.209. The highest BCUT2D eigenvalue weighted by Crippen LogP contribution is 2.22. The number of carbonyl (C=O) groups excluding carboxylic acids is 1. The maximum absolute atomic E-state index is 11.8. The lowest BCUT2D eigenvalue weighted by Crippen LogP contribution is -2.44. The Kier molecular flexibility index (Phi) is 6.90. The van der Waals surface area contributed by atoms with Gasteiger partial charge in [-0.1, -0.05) is 22.9 Å². The van der Waals surface area contributed by atoms with Crippen LogP contribution in [0.4, 0.5) is 0 Å². The van der Waals surface area contributed by atoms with Gasteiger partial charge in [-0.3, -0.25) is 9.79 Å². The summed E-state index contributed by atoms with van der Waals surface area (Å²) in [5, 5.41) is 6.70. The number of aliphatic imine (C=N–C) groups is 1. The Morgan fingerprint density at radius 2 is 2.29 bits per heavy atom. The van der Waals surface area contributed by atoms with Gasteiger partial charge in [0.25, 0.3) is 0 Å². The Hall–Kier alpha value is -1.76. The van der Waals surface area contributed by atoms with Crippen molar-refractivity contribution in [1.29, 1.82) is 0 Å². The molecule has 1 saturated heterocycles. The van der Waals surface area contributed by atoms with Crippen molar-refractivity contribution in [2.75, 3.05) is 27.2 Å². The summed E-state index contributed by atoms with van der Waals surface area (Å²) in [6.45, 7) is 4.04. The maximum Gasteiger partial charge on any atom is 0.222 e. The first-order chi connectivity index (χ1) is 11.6. The van der Waals surface area contributed by atoms with Crippen LogP contribution in [0.2, 0.25) is 0 Å². The summed E-state index contributed by atoms with van der Waals surface area (Å²) in [4.78, 5) is 17.9. The summed E-state index contributed by atoms with van der Waals surface area (Å²) < 4.78 is 6.39. The largest absolute Gasteiger partial charge is 0.496 e. The van der Waals surface area contributed by atoms with Gasteiger partial charge in [-0.15, -0.1) is 0 Å². The van der Waals surface area contributed by atoms with Gasteiger partial charge in [0.15, 0.2) is 5.96 Å². The van der Waals surface area contributed by atoms with Gasteiger partial charge in [0.05, 0.1) is 7.11 Å². The highest BCUT2D eigenvalue weighted by atomic mass is 79.9.